The Balaban J connectivity index is 2.81. The van der Waals surface area contributed by atoms with Crippen LogP contribution in [0.4, 0.5) is 5.69 Å². The van der Waals surface area contributed by atoms with Gasteiger partial charge in [0.2, 0.25) is 0 Å². The molecule has 0 aromatic heterocycles. The molecule has 0 saturated heterocycles. The van der Waals surface area contributed by atoms with Crippen molar-refractivity contribution in [2.45, 2.75) is 6.92 Å². The van der Waals surface area contributed by atoms with Gasteiger partial charge >= 0.3 is 5.97 Å². The highest BCUT2D eigenvalue weighted by molar-refractivity contribution is 6.69. The lowest BCUT2D eigenvalue weighted by molar-refractivity contribution is -0.140. The van der Waals surface area contributed by atoms with Gasteiger partial charge in [0, 0.05) is 32.3 Å². The number of nitrogens with zero attached hydrogens (tertiary/aromatic N) is 2. The summed E-state index contributed by atoms with van der Waals surface area (Å²) in [6, 6.07) is 7.43. The van der Waals surface area contributed by atoms with Gasteiger partial charge in [-0.1, -0.05) is 16.8 Å². The van der Waals surface area contributed by atoms with Crippen molar-refractivity contribution in [1.82, 2.24) is 0 Å². The standard InChI is InChI=1S/C11H13ClN2O2/c1-8(15)16-13-11(12)9-4-6-10(7-5-9)14(2)3/h4-7H,1-3H3. The summed E-state index contributed by atoms with van der Waals surface area (Å²) >= 11 is 5.84. The smallest absolute Gasteiger partial charge is 0.332 e. The van der Waals surface area contributed by atoms with Crippen molar-refractivity contribution >= 4 is 28.4 Å². The third-order valence-electron chi connectivity index (χ3n) is 1.88. The predicted molar refractivity (Wildman–Crippen MR) is 64.9 cm³/mol. The third kappa shape index (κ3) is 3.55. The van der Waals surface area contributed by atoms with Crippen LogP contribution in [0.15, 0.2) is 29.4 Å². The first-order chi connectivity index (χ1) is 7.50. The normalized spacial score (nSPS) is 11.1. The summed E-state index contributed by atoms with van der Waals surface area (Å²) in [5.74, 6) is -0.497. The molecule has 86 valence electrons. The van der Waals surface area contributed by atoms with Crippen molar-refractivity contribution in [2.75, 3.05) is 19.0 Å². The number of hydrogen-bond acceptors (Lipinski definition) is 4. The van der Waals surface area contributed by atoms with Gasteiger partial charge in [0.25, 0.3) is 0 Å². The number of anilines is 1. The average molecular weight is 241 g/mol. The van der Waals surface area contributed by atoms with Crippen molar-refractivity contribution in [3.05, 3.63) is 29.8 Å². The summed E-state index contributed by atoms with van der Waals surface area (Å²) in [5.41, 5.74) is 1.76. The molecule has 4 nitrogen and oxygen atoms in total. The van der Waals surface area contributed by atoms with E-state index in [-0.39, 0.29) is 5.17 Å². The predicted octanol–water partition coefficient (Wildman–Crippen LogP) is 2.22. The average Bonchev–Trinajstić information content (AvgIpc) is 2.26. The molecule has 5 heteroatoms. The van der Waals surface area contributed by atoms with Crippen molar-refractivity contribution in [3.8, 4) is 0 Å². The maximum absolute atomic E-state index is 10.5. The number of carbonyl (C=O) groups is 1. The Morgan fingerprint density at radius 1 is 1.31 bits per heavy atom. The van der Waals surface area contributed by atoms with Gasteiger partial charge in [-0.3, -0.25) is 0 Å². The van der Waals surface area contributed by atoms with Gasteiger partial charge < -0.3 is 9.74 Å². The molecule has 0 saturated carbocycles. The highest BCUT2D eigenvalue weighted by Gasteiger charge is 2.02. The fourth-order valence-electron chi connectivity index (χ4n) is 1.05. The van der Waals surface area contributed by atoms with Crippen molar-refractivity contribution in [2.24, 2.45) is 5.16 Å². The van der Waals surface area contributed by atoms with Crippen LogP contribution in [0, 0.1) is 0 Å². The Morgan fingerprint density at radius 3 is 2.31 bits per heavy atom. The Kier molecular flexibility index (Phi) is 4.31. The zero-order valence-corrected chi connectivity index (χ0v) is 10.2. The van der Waals surface area contributed by atoms with Gasteiger partial charge in [-0.05, 0) is 24.3 Å². The zero-order valence-electron chi connectivity index (χ0n) is 9.40. The molecule has 1 rings (SSSR count). The molecule has 0 radical (unpaired) electrons. The monoisotopic (exact) mass is 240 g/mol. The molecular formula is C11H13ClN2O2. The van der Waals surface area contributed by atoms with Crippen LogP contribution in [0.1, 0.15) is 12.5 Å². The SMILES string of the molecule is CC(=O)ON=C(Cl)c1ccc(N(C)C)cc1. The van der Waals surface area contributed by atoms with Gasteiger partial charge in [0.1, 0.15) is 0 Å². The molecule has 0 fully saturated rings. The Labute approximate surface area is 99.4 Å². The van der Waals surface area contributed by atoms with E-state index in [1.807, 2.05) is 43.3 Å². The van der Waals surface area contributed by atoms with E-state index in [1.165, 1.54) is 6.92 Å². The van der Waals surface area contributed by atoms with E-state index in [0.717, 1.165) is 5.69 Å². The van der Waals surface area contributed by atoms with E-state index in [0.29, 0.717) is 5.56 Å². The minimum Gasteiger partial charge on any atom is -0.378 e. The quantitative estimate of drug-likeness (QED) is 0.462. The maximum atomic E-state index is 10.5. The topological polar surface area (TPSA) is 41.9 Å². The zero-order chi connectivity index (χ0) is 12.1. The molecule has 0 heterocycles. The molecule has 0 aliphatic rings. The number of benzene rings is 1. The molecule has 0 amide bonds. The molecule has 0 aliphatic heterocycles. The minimum absolute atomic E-state index is 0.153. The minimum atomic E-state index is -0.497. The van der Waals surface area contributed by atoms with Crippen molar-refractivity contribution < 1.29 is 9.63 Å². The lowest BCUT2D eigenvalue weighted by Crippen LogP contribution is -2.08. The maximum Gasteiger partial charge on any atom is 0.332 e. The highest BCUT2D eigenvalue weighted by Crippen LogP contribution is 2.14. The first kappa shape index (κ1) is 12.5. The largest absolute Gasteiger partial charge is 0.378 e. The van der Waals surface area contributed by atoms with Gasteiger partial charge in [-0.15, -0.1) is 0 Å². The number of hydrogen-bond donors (Lipinski definition) is 0. The number of rotatable bonds is 3. The fourth-order valence-corrected chi connectivity index (χ4v) is 1.21. The summed E-state index contributed by atoms with van der Waals surface area (Å²) in [6.07, 6.45) is 0. The molecule has 1 aromatic carbocycles. The van der Waals surface area contributed by atoms with Crippen LogP contribution < -0.4 is 4.90 Å². The van der Waals surface area contributed by atoms with E-state index >= 15 is 0 Å². The lowest BCUT2D eigenvalue weighted by Gasteiger charge is -2.12. The summed E-state index contributed by atoms with van der Waals surface area (Å²) < 4.78 is 0. The van der Waals surface area contributed by atoms with Crippen LogP contribution in [-0.4, -0.2) is 25.2 Å². The van der Waals surface area contributed by atoms with Crippen LogP contribution in [-0.2, 0) is 9.63 Å². The first-order valence-electron chi connectivity index (χ1n) is 4.69. The Hall–Kier alpha value is -1.55. The van der Waals surface area contributed by atoms with Crippen molar-refractivity contribution in [3.63, 3.8) is 0 Å². The van der Waals surface area contributed by atoms with Crippen LogP contribution in [0.25, 0.3) is 0 Å². The molecule has 16 heavy (non-hydrogen) atoms. The molecule has 0 unspecified atom stereocenters. The second-order valence-electron chi connectivity index (χ2n) is 3.41. The van der Waals surface area contributed by atoms with Crippen LogP contribution in [0.3, 0.4) is 0 Å². The van der Waals surface area contributed by atoms with Crippen LogP contribution in [0.5, 0.6) is 0 Å². The summed E-state index contributed by atoms with van der Waals surface area (Å²) in [5, 5.41) is 3.64. The molecule has 0 atom stereocenters. The van der Waals surface area contributed by atoms with Gasteiger partial charge in [0.05, 0.1) is 0 Å². The molecule has 0 spiro atoms. The molecule has 0 N–H and O–H groups in total. The van der Waals surface area contributed by atoms with Crippen molar-refractivity contribution in [1.29, 1.82) is 0 Å². The Bertz CT molecular complexity index is 399. The molecule has 0 bridgehead atoms. The van der Waals surface area contributed by atoms with E-state index in [4.69, 9.17) is 11.6 Å². The van der Waals surface area contributed by atoms with Gasteiger partial charge in [-0.2, -0.15) is 0 Å². The fraction of sp³-hybridized carbons (Fsp3) is 0.273. The molecular weight excluding hydrogens is 228 g/mol. The van der Waals surface area contributed by atoms with E-state index in [9.17, 15) is 4.79 Å². The Morgan fingerprint density at radius 2 is 1.88 bits per heavy atom. The van der Waals surface area contributed by atoms with Gasteiger partial charge in [-0.25, -0.2) is 4.79 Å². The number of carbonyl (C=O) groups excluding carboxylic acids is 1. The number of halogens is 1. The summed E-state index contributed by atoms with van der Waals surface area (Å²) in [4.78, 5) is 16.9. The van der Waals surface area contributed by atoms with Crippen LogP contribution in [0.2, 0.25) is 0 Å². The van der Waals surface area contributed by atoms with E-state index < -0.39 is 5.97 Å². The highest BCUT2D eigenvalue weighted by atomic mass is 35.5. The second kappa shape index (κ2) is 5.51. The van der Waals surface area contributed by atoms with Gasteiger partial charge in [0.15, 0.2) is 5.17 Å². The third-order valence-corrected chi connectivity index (χ3v) is 2.16. The summed E-state index contributed by atoms with van der Waals surface area (Å²) in [7, 11) is 3.90. The summed E-state index contributed by atoms with van der Waals surface area (Å²) in [6.45, 7) is 1.27. The second-order valence-corrected chi connectivity index (χ2v) is 3.76. The first-order valence-corrected chi connectivity index (χ1v) is 5.07. The number of oxime groups is 1. The van der Waals surface area contributed by atoms with E-state index in [1.54, 1.807) is 0 Å². The molecule has 1 aromatic rings. The lowest BCUT2D eigenvalue weighted by atomic mass is 10.2. The van der Waals surface area contributed by atoms with E-state index in [2.05, 4.69) is 9.99 Å². The van der Waals surface area contributed by atoms with Crippen LogP contribution >= 0.6 is 11.6 Å². The molecule has 0 aliphatic carbocycles.